The number of nitriles is 1. The summed E-state index contributed by atoms with van der Waals surface area (Å²) in [5.74, 6) is 0. The van der Waals surface area contributed by atoms with Crippen molar-refractivity contribution in [2.75, 3.05) is 0 Å². The van der Waals surface area contributed by atoms with Crippen LogP contribution in [0, 0.1) is 11.3 Å². The highest BCUT2D eigenvalue weighted by Gasteiger charge is 1.98. The van der Waals surface area contributed by atoms with Crippen molar-refractivity contribution in [2.45, 2.75) is 0 Å². The molecule has 0 fully saturated rings. The number of nitrogens with zero attached hydrogens (tertiary/aromatic N) is 2. The van der Waals surface area contributed by atoms with E-state index in [1.54, 1.807) is 6.07 Å². The van der Waals surface area contributed by atoms with Crippen molar-refractivity contribution in [1.82, 2.24) is 4.98 Å². The predicted octanol–water partition coefficient (Wildman–Crippen LogP) is 1.42. The van der Waals surface area contributed by atoms with Crippen LogP contribution in [0.3, 0.4) is 0 Å². The summed E-state index contributed by atoms with van der Waals surface area (Å²) in [5.41, 5.74) is 0.515. The molecule has 3 nitrogen and oxygen atoms in total. The SMILES string of the molecule is N#Cc1cc(C=O)cc(Cl)n1. The third-order valence-electron chi connectivity index (χ3n) is 1.07. The number of aromatic nitrogens is 1. The molecular formula is C7H3ClN2O. The smallest absolute Gasteiger partial charge is 0.150 e. The van der Waals surface area contributed by atoms with Crippen molar-refractivity contribution in [3.8, 4) is 6.07 Å². The first-order valence-electron chi connectivity index (χ1n) is 2.79. The van der Waals surface area contributed by atoms with E-state index >= 15 is 0 Å². The Morgan fingerprint density at radius 2 is 2.36 bits per heavy atom. The van der Waals surface area contributed by atoms with Gasteiger partial charge in [0, 0.05) is 5.56 Å². The molecule has 0 aliphatic rings. The summed E-state index contributed by atoms with van der Waals surface area (Å²) in [6, 6.07) is 4.56. The number of carbonyl (C=O) groups excluding carboxylic acids is 1. The van der Waals surface area contributed by atoms with Crippen molar-refractivity contribution >= 4 is 17.9 Å². The van der Waals surface area contributed by atoms with Crippen molar-refractivity contribution in [3.63, 3.8) is 0 Å². The van der Waals surface area contributed by atoms with Crippen molar-refractivity contribution in [3.05, 3.63) is 28.5 Å². The molecule has 0 saturated carbocycles. The van der Waals surface area contributed by atoms with Gasteiger partial charge in [-0.05, 0) is 12.1 Å². The van der Waals surface area contributed by atoms with Crippen LogP contribution in [0.1, 0.15) is 16.1 Å². The molecule has 0 bridgehead atoms. The van der Waals surface area contributed by atoms with Gasteiger partial charge < -0.3 is 0 Å². The molecule has 1 aromatic heterocycles. The van der Waals surface area contributed by atoms with Gasteiger partial charge >= 0.3 is 0 Å². The Morgan fingerprint density at radius 3 is 2.91 bits per heavy atom. The summed E-state index contributed by atoms with van der Waals surface area (Å²) < 4.78 is 0. The highest BCUT2D eigenvalue weighted by Crippen LogP contribution is 2.07. The fourth-order valence-corrected chi connectivity index (χ4v) is 0.859. The average molecular weight is 167 g/mol. The minimum atomic E-state index is 0.152. The zero-order valence-corrected chi connectivity index (χ0v) is 6.17. The van der Waals surface area contributed by atoms with E-state index in [1.165, 1.54) is 12.1 Å². The third kappa shape index (κ3) is 1.76. The van der Waals surface area contributed by atoms with Gasteiger partial charge in [0.25, 0.3) is 0 Å². The molecule has 1 aromatic rings. The summed E-state index contributed by atoms with van der Waals surface area (Å²) >= 11 is 5.49. The highest BCUT2D eigenvalue weighted by molar-refractivity contribution is 6.29. The molecule has 54 valence electrons. The minimum Gasteiger partial charge on any atom is -0.298 e. The Kier molecular flexibility index (Phi) is 2.19. The largest absolute Gasteiger partial charge is 0.298 e. The van der Waals surface area contributed by atoms with E-state index in [1.807, 2.05) is 0 Å². The van der Waals surface area contributed by atoms with E-state index in [0.29, 0.717) is 11.8 Å². The fraction of sp³-hybridized carbons (Fsp3) is 0. The molecule has 11 heavy (non-hydrogen) atoms. The molecule has 0 aliphatic carbocycles. The number of hydrogen-bond acceptors (Lipinski definition) is 3. The molecule has 0 radical (unpaired) electrons. The van der Waals surface area contributed by atoms with Crippen LogP contribution in [0.15, 0.2) is 12.1 Å². The van der Waals surface area contributed by atoms with Crippen molar-refractivity contribution in [2.24, 2.45) is 0 Å². The Labute approximate surface area is 68.2 Å². The molecule has 0 unspecified atom stereocenters. The maximum atomic E-state index is 10.2. The second kappa shape index (κ2) is 3.13. The lowest BCUT2D eigenvalue weighted by molar-refractivity contribution is 0.112. The molecule has 0 N–H and O–H groups in total. The topological polar surface area (TPSA) is 53.8 Å². The zero-order valence-electron chi connectivity index (χ0n) is 5.41. The lowest BCUT2D eigenvalue weighted by atomic mass is 10.2. The van der Waals surface area contributed by atoms with Crippen molar-refractivity contribution in [1.29, 1.82) is 5.26 Å². The highest BCUT2D eigenvalue weighted by atomic mass is 35.5. The fourth-order valence-electron chi connectivity index (χ4n) is 0.642. The van der Waals surface area contributed by atoms with E-state index < -0.39 is 0 Å². The third-order valence-corrected chi connectivity index (χ3v) is 1.26. The Bertz CT molecular complexity index is 330. The minimum absolute atomic E-state index is 0.152. The Balaban J connectivity index is 3.25. The maximum absolute atomic E-state index is 10.2. The predicted molar refractivity (Wildman–Crippen MR) is 39.3 cm³/mol. The Morgan fingerprint density at radius 1 is 1.64 bits per heavy atom. The van der Waals surface area contributed by atoms with Crippen LogP contribution in [0.5, 0.6) is 0 Å². The van der Waals surface area contributed by atoms with E-state index in [9.17, 15) is 4.79 Å². The maximum Gasteiger partial charge on any atom is 0.150 e. The molecule has 0 aliphatic heterocycles. The number of pyridine rings is 1. The zero-order chi connectivity index (χ0) is 8.27. The van der Waals surface area contributed by atoms with Crippen molar-refractivity contribution < 1.29 is 4.79 Å². The average Bonchev–Trinajstić information content (AvgIpc) is 2.03. The first-order valence-corrected chi connectivity index (χ1v) is 3.17. The monoisotopic (exact) mass is 166 g/mol. The van der Waals surface area contributed by atoms with Gasteiger partial charge in [-0.1, -0.05) is 11.6 Å². The summed E-state index contributed by atoms with van der Waals surface area (Å²) in [6.07, 6.45) is 0.619. The van der Waals surface area contributed by atoms with E-state index in [4.69, 9.17) is 16.9 Å². The second-order valence-corrected chi connectivity index (χ2v) is 2.23. The molecule has 0 amide bonds. The molecule has 1 rings (SSSR count). The number of rotatable bonds is 1. The molecule has 0 saturated heterocycles. The number of hydrogen-bond donors (Lipinski definition) is 0. The van der Waals surface area contributed by atoms with Gasteiger partial charge in [-0.15, -0.1) is 0 Å². The molecule has 1 heterocycles. The van der Waals surface area contributed by atoms with Crippen LogP contribution in [0.2, 0.25) is 5.15 Å². The van der Waals surface area contributed by atoms with Crippen LogP contribution >= 0.6 is 11.6 Å². The molecule has 0 aromatic carbocycles. The van der Waals surface area contributed by atoms with Gasteiger partial charge in [0.2, 0.25) is 0 Å². The van der Waals surface area contributed by atoms with Crippen LogP contribution in [-0.4, -0.2) is 11.3 Å². The van der Waals surface area contributed by atoms with Gasteiger partial charge in [0.1, 0.15) is 23.2 Å². The number of carbonyl (C=O) groups is 1. The second-order valence-electron chi connectivity index (χ2n) is 1.84. The molecule has 0 atom stereocenters. The molecular weight excluding hydrogens is 164 g/mol. The number of halogens is 1. The van der Waals surface area contributed by atoms with E-state index in [2.05, 4.69) is 4.98 Å². The van der Waals surface area contributed by atoms with Gasteiger partial charge in [-0.25, -0.2) is 4.98 Å². The van der Waals surface area contributed by atoms with E-state index in [-0.39, 0.29) is 10.8 Å². The summed E-state index contributed by atoms with van der Waals surface area (Å²) in [5, 5.41) is 8.55. The summed E-state index contributed by atoms with van der Waals surface area (Å²) in [6.45, 7) is 0. The molecule has 4 heteroatoms. The van der Waals surface area contributed by atoms with Crippen LogP contribution in [0.4, 0.5) is 0 Å². The van der Waals surface area contributed by atoms with Crippen LogP contribution < -0.4 is 0 Å². The summed E-state index contributed by atoms with van der Waals surface area (Å²) in [7, 11) is 0. The lowest BCUT2D eigenvalue weighted by Crippen LogP contribution is -1.87. The van der Waals surface area contributed by atoms with Gasteiger partial charge in [0.15, 0.2) is 0 Å². The first kappa shape index (κ1) is 7.70. The van der Waals surface area contributed by atoms with Crippen LogP contribution in [0.25, 0.3) is 0 Å². The van der Waals surface area contributed by atoms with Gasteiger partial charge in [-0.3, -0.25) is 4.79 Å². The van der Waals surface area contributed by atoms with Gasteiger partial charge in [0.05, 0.1) is 0 Å². The van der Waals surface area contributed by atoms with Gasteiger partial charge in [-0.2, -0.15) is 5.26 Å². The molecule has 0 spiro atoms. The number of aldehydes is 1. The van der Waals surface area contributed by atoms with Crippen LogP contribution in [-0.2, 0) is 0 Å². The van der Waals surface area contributed by atoms with E-state index in [0.717, 1.165) is 0 Å². The first-order chi connectivity index (χ1) is 5.26. The Hall–Kier alpha value is -1.40. The normalized spacial score (nSPS) is 8.73. The summed E-state index contributed by atoms with van der Waals surface area (Å²) in [4.78, 5) is 13.9. The quantitative estimate of drug-likeness (QED) is 0.468. The lowest BCUT2D eigenvalue weighted by Gasteiger charge is -1.91. The standard InChI is InChI=1S/C7H3ClN2O/c8-7-2-5(4-11)1-6(3-9)10-7/h1-2,4H.